The molecule has 6 heteroatoms. The molecule has 1 aromatic carbocycles. The van der Waals surface area contributed by atoms with E-state index in [9.17, 15) is 4.79 Å². The van der Waals surface area contributed by atoms with Gasteiger partial charge in [0.15, 0.2) is 0 Å². The third-order valence-electron chi connectivity index (χ3n) is 3.37. The molecule has 0 bridgehead atoms. The molecular weight excluding hydrogens is 315 g/mol. The van der Waals surface area contributed by atoms with Gasteiger partial charge in [-0.25, -0.2) is 0 Å². The number of halogens is 2. The Kier molecular flexibility index (Phi) is 7.17. The Hall–Kier alpha value is -0.420. The van der Waals surface area contributed by atoms with Crippen molar-refractivity contribution in [1.82, 2.24) is 10.2 Å². The van der Waals surface area contributed by atoms with Crippen molar-refractivity contribution in [3.63, 3.8) is 0 Å². The van der Waals surface area contributed by atoms with Crippen LogP contribution in [-0.4, -0.2) is 42.7 Å². The highest BCUT2D eigenvalue weighted by molar-refractivity contribution is 7.99. The van der Waals surface area contributed by atoms with E-state index >= 15 is 0 Å². The molecule has 2 rings (SSSR count). The molecule has 1 heterocycles. The second-order valence-corrected chi connectivity index (χ2v) is 6.38. The van der Waals surface area contributed by atoms with Crippen LogP contribution in [0.5, 0.6) is 0 Å². The van der Waals surface area contributed by atoms with Crippen LogP contribution in [0.2, 0.25) is 5.02 Å². The first-order chi connectivity index (χ1) is 9.13. The van der Waals surface area contributed by atoms with Gasteiger partial charge in [0.1, 0.15) is 0 Å². The third kappa shape index (κ3) is 4.04. The summed E-state index contributed by atoms with van der Waals surface area (Å²) in [5.41, 5.74) is 0.716. The summed E-state index contributed by atoms with van der Waals surface area (Å²) in [4.78, 5) is 15.5. The lowest BCUT2D eigenvalue weighted by atomic mass is 10.1. The highest BCUT2D eigenvalue weighted by Crippen LogP contribution is 2.27. The molecule has 1 aromatic rings. The SMILES string of the molecule is CCSc1ccc(Cl)cc1C(=O)N(C)C1CCNC1.Cl. The van der Waals surface area contributed by atoms with Gasteiger partial charge in [0, 0.05) is 29.6 Å². The molecule has 112 valence electrons. The molecule has 0 spiro atoms. The lowest BCUT2D eigenvalue weighted by Crippen LogP contribution is -2.38. The summed E-state index contributed by atoms with van der Waals surface area (Å²) in [5.74, 6) is 1.00. The number of hydrogen-bond donors (Lipinski definition) is 1. The van der Waals surface area contributed by atoms with Crippen LogP contribution < -0.4 is 5.32 Å². The van der Waals surface area contributed by atoms with Crippen molar-refractivity contribution in [2.45, 2.75) is 24.3 Å². The summed E-state index contributed by atoms with van der Waals surface area (Å²) in [6, 6.07) is 5.84. The van der Waals surface area contributed by atoms with Gasteiger partial charge in [-0.1, -0.05) is 18.5 Å². The lowest BCUT2D eigenvalue weighted by molar-refractivity contribution is 0.0740. The van der Waals surface area contributed by atoms with E-state index in [2.05, 4.69) is 12.2 Å². The largest absolute Gasteiger partial charge is 0.337 e. The van der Waals surface area contributed by atoms with Crippen molar-refractivity contribution in [2.24, 2.45) is 0 Å². The molecule has 1 amide bonds. The number of nitrogens with zero attached hydrogens (tertiary/aromatic N) is 1. The van der Waals surface area contributed by atoms with Gasteiger partial charge in [-0.3, -0.25) is 4.79 Å². The maximum atomic E-state index is 12.6. The van der Waals surface area contributed by atoms with Crippen molar-refractivity contribution < 1.29 is 4.79 Å². The number of nitrogens with one attached hydrogen (secondary N) is 1. The Labute approximate surface area is 135 Å². The van der Waals surface area contributed by atoms with E-state index in [0.29, 0.717) is 10.6 Å². The van der Waals surface area contributed by atoms with Gasteiger partial charge in [0.2, 0.25) is 0 Å². The number of likely N-dealkylation sites (N-methyl/N-ethyl adjacent to an activating group) is 1. The fourth-order valence-electron chi connectivity index (χ4n) is 2.28. The number of benzene rings is 1. The maximum absolute atomic E-state index is 12.6. The van der Waals surface area contributed by atoms with Crippen molar-refractivity contribution in [3.8, 4) is 0 Å². The average molecular weight is 335 g/mol. The Balaban J connectivity index is 0.00000200. The monoisotopic (exact) mass is 334 g/mol. The minimum atomic E-state index is 0. The molecule has 0 aromatic heterocycles. The van der Waals surface area contributed by atoms with E-state index < -0.39 is 0 Å². The molecule has 20 heavy (non-hydrogen) atoms. The van der Waals surface area contributed by atoms with Crippen LogP contribution in [0.1, 0.15) is 23.7 Å². The van der Waals surface area contributed by atoms with Crippen molar-refractivity contribution in [2.75, 3.05) is 25.9 Å². The number of thioether (sulfide) groups is 1. The van der Waals surface area contributed by atoms with Crippen LogP contribution in [0.15, 0.2) is 23.1 Å². The molecule has 1 fully saturated rings. The van der Waals surface area contributed by atoms with Crippen LogP contribution >= 0.6 is 35.8 Å². The van der Waals surface area contributed by atoms with Gasteiger partial charge in [-0.15, -0.1) is 24.2 Å². The average Bonchev–Trinajstić information content (AvgIpc) is 2.93. The molecule has 1 aliphatic rings. The van der Waals surface area contributed by atoms with Crippen LogP contribution in [0.25, 0.3) is 0 Å². The normalized spacial score (nSPS) is 17.6. The third-order valence-corrected chi connectivity index (χ3v) is 4.56. The molecule has 1 saturated heterocycles. The summed E-state index contributed by atoms with van der Waals surface area (Å²) in [6.07, 6.45) is 1.01. The van der Waals surface area contributed by atoms with E-state index in [1.807, 2.05) is 24.1 Å². The van der Waals surface area contributed by atoms with E-state index in [-0.39, 0.29) is 24.4 Å². The number of rotatable bonds is 4. The second-order valence-electron chi connectivity index (χ2n) is 4.64. The van der Waals surface area contributed by atoms with Gasteiger partial charge in [0.05, 0.1) is 5.56 Å². The number of amides is 1. The Morgan fingerprint density at radius 1 is 1.55 bits per heavy atom. The molecule has 1 unspecified atom stereocenters. The smallest absolute Gasteiger partial charge is 0.255 e. The van der Waals surface area contributed by atoms with Crippen molar-refractivity contribution in [1.29, 1.82) is 0 Å². The first-order valence-electron chi connectivity index (χ1n) is 6.53. The van der Waals surface area contributed by atoms with Gasteiger partial charge in [0.25, 0.3) is 5.91 Å². The van der Waals surface area contributed by atoms with E-state index in [0.717, 1.165) is 30.2 Å². The number of carbonyl (C=O) groups is 1. The molecule has 0 saturated carbocycles. The molecule has 1 N–H and O–H groups in total. The topological polar surface area (TPSA) is 32.3 Å². The summed E-state index contributed by atoms with van der Waals surface area (Å²) >= 11 is 7.71. The Bertz CT molecular complexity index is 464. The van der Waals surface area contributed by atoms with Crippen LogP contribution in [-0.2, 0) is 0 Å². The molecule has 0 aliphatic carbocycles. The maximum Gasteiger partial charge on any atom is 0.255 e. The Morgan fingerprint density at radius 2 is 2.30 bits per heavy atom. The molecule has 1 atom stereocenters. The minimum absolute atomic E-state index is 0. The van der Waals surface area contributed by atoms with Gasteiger partial charge < -0.3 is 10.2 Å². The fraction of sp³-hybridized carbons (Fsp3) is 0.500. The molecule has 0 radical (unpaired) electrons. The van der Waals surface area contributed by atoms with Crippen LogP contribution in [0.4, 0.5) is 0 Å². The highest BCUT2D eigenvalue weighted by atomic mass is 35.5. The number of hydrogen-bond acceptors (Lipinski definition) is 3. The summed E-state index contributed by atoms with van der Waals surface area (Å²) in [7, 11) is 1.88. The van der Waals surface area contributed by atoms with E-state index in [1.54, 1.807) is 17.8 Å². The first-order valence-corrected chi connectivity index (χ1v) is 7.90. The van der Waals surface area contributed by atoms with Crippen LogP contribution in [0.3, 0.4) is 0 Å². The first kappa shape index (κ1) is 17.6. The van der Waals surface area contributed by atoms with Crippen molar-refractivity contribution in [3.05, 3.63) is 28.8 Å². The molecular formula is C14H20Cl2N2OS. The van der Waals surface area contributed by atoms with Gasteiger partial charge in [-0.05, 0) is 36.9 Å². The second kappa shape index (κ2) is 8.13. The summed E-state index contributed by atoms with van der Waals surface area (Å²) < 4.78 is 0. The highest BCUT2D eigenvalue weighted by Gasteiger charge is 2.25. The van der Waals surface area contributed by atoms with E-state index in [1.165, 1.54) is 0 Å². The molecule has 1 aliphatic heterocycles. The van der Waals surface area contributed by atoms with Gasteiger partial charge in [-0.2, -0.15) is 0 Å². The quantitative estimate of drug-likeness (QED) is 0.857. The zero-order chi connectivity index (χ0) is 13.8. The molecule has 3 nitrogen and oxygen atoms in total. The zero-order valence-corrected chi connectivity index (χ0v) is 14.1. The fourth-order valence-corrected chi connectivity index (χ4v) is 3.23. The Morgan fingerprint density at radius 3 is 2.90 bits per heavy atom. The van der Waals surface area contributed by atoms with Crippen LogP contribution in [0, 0.1) is 0 Å². The zero-order valence-electron chi connectivity index (χ0n) is 11.7. The van der Waals surface area contributed by atoms with Crippen molar-refractivity contribution >= 4 is 41.7 Å². The number of carbonyl (C=O) groups excluding carboxylic acids is 1. The van der Waals surface area contributed by atoms with Gasteiger partial charge >= 0.3 is 0 Å². The predicted octanol–water partition coefficient (Wildman–Crippen LogP) is 3.31. The predicted molar refractivity (Wildman–Crippen MR) is 88.5 cm³/mol. The summed E-state index contributed by atoms with van der Waals surface area (Å²) in [5, 5.41) is 3.90. The lowest BCUT2D eigenvalue weighted by Gasteiger charge is -2.24. The standard InChI is InChI=1S/C14H19ClN2OS.ClH/c1-3-19-13-5-4-10(15)8-12(13)14(18)17(2)11-6-7-16-9-11;/h4-5,8,11,16H,3,6-7,9H2,1-2H3;1H. The van der Waals surface area contributed by atoms with E-state index in [4.69, 9.17) is 11.6 Å². The summed E-state index contributed by atoms with van der Waals surface area (Å²) in [6.45, 7) is 3.94. The minimum Gasteiger partial charge on any atom is -0.337 e.